The molecule has 3 nitrogen and oxygen atoms in total. The third-order valence-corrected chi connectivity index (χ3v) is 3.52. The van der Waals surface area contributed by atoms with Crippen molar-refractivity contribution in [3.05, 3.63) is 58.1 Å². The van der Waals surface area contributed by atoms with E-state index in [-0.39, 0.29) is 6.04 Å². The average Bonchev–Trinajstić information content (AvgIpc) is 2.48. The van der Waals surface area contributed by atoms with E-state index in [0.717, 1.165) is 15.9 Å². The number of ether oxygens (including phenoxy) is 1. The van der Waals surface area contributed by atoms with Crippen LogP contribution in [0.2, 0.25) is 0 Å². The second-order valence-corrected chi connectivity index (χ2v) is 5.89. The average molecular weight is 345 g/mol. The number of nitriles is 1. The van der Waals surface area contributed by atoms with Gasteiger partial charge in [0.15, 0.2) is 0 Å². The van der Waals surface area contributed by atoms with Crippen molar-refractivity contribution in [2.45, 2.75) is 19.9 Å². The lowest BCUT2D eigenvalue weighted by Crippen LogP contribution is -2.23. The Hall–Kier alpha value is -1.99. The van der Waals surface area contributed by atoms with E-state index in [1.54, 1.807) is 6.07 Å². The molecule has 0 amide bonds. The summed E-state index contributed by atoms with van der Waals surface area (Å²) in [6.07, 6.45) is 0. The van der Waals surface area contributed by atoms with E-state index in [9.17, 15) is 0 Å². The summed E-state index contributed by atoms with van der Waals surface area (Å²) < 4.78 is 6.63. The van der Waals surface area contributed by atoms with Gasteiger partial charge in [-0.3, -0.25) is 0 Å². The summed E-state index contributed by atoms with van der Waals surface area (Å²) in [6.45, 7) is 4.60. The van der Waals surface area contributed by atoms with E-state index in [0.29, 0.717) is 12.2 Å². The summed E-state index contributed by atoms with van der Waals surface area (Å²) in [6, 6.07) is 15.9. The summed E-state index contributed by atoms with van der Waals surface area (Å²) in [5.41, 5.74) is 2.65. The third kappa shape index (κ3) is 4.51. The Balaban J connectivity index is 1.94. The van der Waals surface area contributed by atoms with Gasteiger partial charge in [-0.1, -0.05) is 33.6 Å². The Labute approximate surface area is 133 Å². The largest absolute Gasteiger partial charge is 0.491 e. The summed E-state index contributed by atoms with van der Waals surface area (Å²) in [7, 11) is 0. The second kappa shape index (κ2) is 7.14. The van der Waals surface area contributed by atoms with Crippen molar-refractivity contribution in [2.24, 2.45) is 0 Å². The first-order valence-corrected chi connectivity index (χ1v) is 7.53. The first kappa shape index (κ1) is 15.4. The molecule has 2 rings (SSSR count). The Morgan fingerprint density at radius 3 is 2.62 bits per heavy atom. The van der Waals surface area contributed by atoms with Crippen molar-refractivity contribution in [3.8, 4) is 11.8 Å². The van der Waals surface area contributed by atoms with E-state index in [1.165, 1.54) is 5.56 Å². The number of benzene rings is 2. The molecule has 0 aliphatic carbocycles. The Morgan fingerprint density at radius 2 is 1.95 bits per heavy atom. The highest BCUT2D eigenvalue weighted by atomic mass is 79.9. The molecule has 0 heterocycles. The fourth-order valence-electron chi connectivity index (χ4n) is 1.90. The predicted molar refractivity (Wildman–Crippen MR) is 88.6 cm³/mol. The Kier molecular flexibility index (Phi) is 5.24. The van der Waals surface area contributed by atoms with Crippen LogP contribution in [0.15, 0.2) is 46.9 Å². The van der Waals surface area contributed by atoms with Gasteiger partial charge >= 0.3 is 0 Å². The second-order valence-electron chi connectivity index (χ2n) is 4.97. The maximum absolute atomic E-state index is 9.15. The molecule has 0 aromatic heterocycles. The van der Waals surface area contributed by atoms with Gasteiger partial charge in [-0.05, 0) is 44.2 Å². The first-order chi connectivity index (χ1) is 10.1. The fraction of sp³-hybridized carbons (Fsp3) is 0.235. The van der Waals surface area contributed by atoms with E-state index < -0.39 is 0 Å². The van der Waals surface area contributed by atoms with Crippen molar-refractivity contribution in [3.63, 3.8) is 0 Å². The zero-order chi connectivity index (χ0) is 15.2. The maximum atomic E-state index is 9.15. The van der Waals surface area contributed by atoms with Crippen LogP contribution < -0.4 is 10.1 Å². The smallest absolute Gasteiger partial charge is 0.119 e. The number of nitrogens with zero attached hydrogens (tertiary/aromatic N) is 1. The zero-order valence-corrected chi connectivity index (χ0v) is 13.6. The van der Waals surface area contributed by atoms with E-state index in [1.807, 2.05) is 50.2 Å². The van der Waals surface area contributed by atoms with Crippen LogP contribution in [0.5, 0.6) is 5.75 Å². The lowest BCUT2D eigenvalue weighted by Gasteiger charge is -2.17. The monoisotopic (exact) mass is 344 g/mol. The number of nitrogens with one attached hydrogen (secondary N) is 1. The number of hydrogen-bond acceptors (Lipinski definition) is 3. The van der Waals surface area contributed by atoms with Gasteiger partial charge in [0.05, 0.1) is 17.3 Å². The molecule has 0 spiro atoms. The van der Waals surface area contributed by atoms with Crippen LogP contribution in [0.4, 0.5) is 5.69 Å². The highest BCUT2D eigenvalue weighted by Crippen LogP contribution is 2.21. The lowest BCUT2D eigenvalue weighted by atomic mass is 10.2. The molecule has 21 heavy (non-hydrogen) atoms. The van der Waals surface area contributed by atoms with Crippen molar-refractivity contribution in [2.75, 3.05) is 11.9 Å². The summed E-state index contributed by atoms with van der Waals surface area (Å²) in [5.74, 6) is 0.852. The normalized spacial score (nSPS) is 11.5. The Morgan fingerprint density at radius 1 is 1.24 bits per heavy atom. The summed E-state index contributed by atoms with van der Waals surface area (Å²) in [5, 5.41) is 12.4. The van der Waals surface area contributed by atoms with Crippen LogP contribution in [-0.4, -0.2) is 12.6 Å². The highest BCUT2D eigenvalue weighted by molar-refractivity contribution is 9.10. The van der Waals surface area contributed by atoms with Gasteiger partial charge in [-0.2, -0.15) is 5.26 Å². The molecule has 0 bridgehead atoms. The SMILES string of the molecule is Cc1ccc(OCC(C)Nc2ccc(Br)cc2C#N)cc1. The zero-order valence-electron chi connectivity index (χ0n) is 12.1. The lowest BCUT2D eigenvalue weighted by molar-refractivity contribution is 0.304. The van der Waals surface area contributed by atoms with Crippen molar-refractivity contribution >= 4 is 21.6 Å². The molecule has 0 fully saturated rings. The molecular formula is C17H17BrN2O. The summed E-state index contributed by atoms with van der Waals surface area (Å²) in [4.78, 5) is 0. The van der Waals surface area contributed by atoms with Crippen LogP contribution in [0.1, 0.15) is 18.1 Å². The number of hydrogen-bond donors (Lipinski definition) is 1. The molecule has 0 aliphatic rings. The van der Waals surface area contributed by atoms with Crippen molar-refractivity contribution in [1.82, 2.24) is 0 Å². The fourth-order valence-corrected chi connectivity index (χ4v) is 2.26. The minimum Gasteiger partial charge on any atom is -0.491 e. The molecule has 1 N–H and O–H groups in total. The van der Waals surface area contributed by atoms with Gasteiger partial charge in [0.25, 0.3) is 0 Å². The Bertz CT molecular complexity index is 647. The molecule has 0 saturated heterocycles. The molecule has 1 atom stereocenters. The standard InChI is InChI=1S/C17H17BrN2O/c1-12-3-6-16(7-4-12)21-11-13(2)20-17-8-5-15(18)9-14(17)10-19/h3-9,13,20H,11H2,1-2H3. The molecule has 0 aliphatic heterocycles. The van der Waals surface area contributed by atoms with Gasteiger partial charge in [0, 0.05) is 4.47 Å². The number of aryl methyl sites for hydroxylation is 1. The van der Waals surface area contributed by atoms with Gasteiger partial charge in [0.1, 0.15) is 18.4 Å². The molecule has 0 radical (unpaired) electrons. The molecule has 108 valence electrons. The molecule has 2 aromatic rings. The molecule has 4 heteroatoms. The van der Waals surface area contributed by atoms with Crippen LogP contribution in [0.25, 0.3) is 0 Å². The molecule has 0 saturated carbocycles. The van der Waals surface area contributed by atoms with Gasteiger partial charge in [0.2, 0.25) is 0 Å². The van der Waals surface area contributed by atoms with Gasteiger partial charge in [-0.25, -0.2) is 0 Å². The van der Waals surface area contributed by atoms with Gasteiger partial charge < -0.3 is 10.1 Å². The van der Waals surface area contributed by atoms with Crippen molar-refractivity contribution < 1.29 is 4.74 Å². The number of rotatable bonds is 5. The number of halogens is 1. The molecular weight excluding hydrogens is 328 g/mol. The van der Waals surface area contributed by atoms with E-state index in [2.05, 4.69) is 27.3 Å². The molecule has 1 unspecified atom stereocenters. The number of anilines is 1. The third-order valence-electron chi connectivity index (χ3n) is 3.02. The topological polar surface area (TPSA) is 45.0 Å². The van der Waals surface area contributed by atoms with Crippen LogP contribution in [0.3, 0.4) is 0 Å². The van der Waals surface area contributed by atoms with Gasteiger partial charge in [-0.15, -0.1) is 0 Å². The van der Waals surface area contributed by atoms with E-state index in [4.69, 9.17) is 10.00 Å². The predicted octanol–water partition coefficient (Wildman–Crippen LogP) is 4.51. The minimum absolute atomic E-state index is 0.0968. The van der Waals surface area contributed by atoms with Crippen molar-refractivity contribution in [1.29, 1.82) is 5.26 Å². The van der Waals surface area contributed by atoms with Crippen LogP contribution in [-0.2, 0) is 0 Å². The molecule has 2 aromatic carbocycles. The van der Waals surface area contributed by atoms with E-state index >= 15 is 0 Å². The summed E-state index contributed by atoms with van der Waals surface area (Å²) >= 11 is 3.37. The highest BCUT2D eigenvalue weighted by Gasteiger charge is 2.07. The maximum Gasteiger partial charge on any atom is 0.119 e. The minimum atomic E-state index is 0.0968. The van der Waals surface area contributed by atoms with Crippen LogP contribution in [0, 0.1) is 18.3 Å². The quantitative estimate of drug-likeness (QED) is 0.867. The first-order valence-electron chi connectivity index (χ1n) is 6.74. The van der Waals surface area contributed by atoms with Crippen LogP contribution >= 0.6 is 15.9 Å².